The first-order chi connectivity index (χ1) is 19.2. The fourth-order valence-corrected chi connectivity index (χ4v) is 5.81. The molecule has 3 N–H and O–H groups in total. The van der Waals surface area contributed by atoms with Crippen LogP contribution in [-0.2, 0) is 20.7 Å². The van der Waals surface area contributed by atoms with E-state index in [4.69, 9.17) is 4.74 Å². The van der Waals surface area contributed by atoms with Gasteiger partial charge in [-0.25, -0.2) is 4.79 Å². The summed E-state index contributed by atoms with van der Waals surface area (Å²) in [5.41, 5.74) is 2.86. The van der Waals surface area contributed by atoms with Gasteiger partial charge in [-0.2, -0.15) is 0 Å². The molecule has 0 spiro atoms. The van der Waals surface area contributed by atoms with E-state index in [1.165, 1.54) is 0 Å². The van der Waals surface area contributed by atoms with Crippen LogP contribution in [-0.4, -0.2) is 46.4 Å². The summed E-state index contributed by atoms with van der Waals surface area (Å²) in [6, 6.07) is 8.70. The molecule has 228 valence electrons. The van der Waals surface area contributed by atoms with Crippen molar-refractivity contribution in [2.45, 2.75) is 106 Å². The van der Waals surface area contributed by atoms with Crippen LogP contribution in [0.15, 0.2) is 65.3 Å². The lowest BCUT2D eigenvalue weighted by molar-refractivity contribution is -0.157. The van der Waals surface area contributed by atoms with Gasteiger partial charge in [0.2, 0.25) is 5.91 Å². The Morgan fingerprint density at radius 2 is 1.39 bits per heavy atom. The van der Waals surface area contributed by atoms with Crippen molar-refractivity contribution in [3.63, 3.8) is 0 Å². The minimum Gasteiger partial charge on any atom is -0.460 e. The standard InChI is InChI=1S/C35H53NO5/c1-10-21(2)16-26(7)33-27(8)18-24(5)31(37)22(3)17-23(4)32(38)25(6)19-28(9)34(39)36-30(35(40)41-33)20-29-14-12-11-13-15-29/h11-15,17-19,21-22,25-27,30-33,37-38H,10,16,20H2,1-9H3,(H,36,39)/b23-17+,24-18?,28-19+/t21-,22-,25-,26-,27-,30-,31-,32-,33+/m0/s1. The molecule has 0 bridgehead atoms. The number of aliphatic hydroxyl groups is 2. The third kappa shape index (κ3) is 10.3. The van der Waals surface area contributed by atoms with Gasteiger partial charge in [-0.1, -0.05) is 96.5 Å². The molecule has 0 unspecified atom stereocenters. The summed E-state index contributed by atoms with van der Waals surface area (Å²) in [4.78, 5) is 27.1. The van der Waals surface area contributed by atoms with Gasteiger partial charge in [0.05, 0.1) is 12.2 Å². The summed E-state index contributed by atoms with van der Waals surface area (Å²) in [5.74, 6) is -1.07. The van der Waals surface area contributed by atoms with E-state index in [2.05, 4.69) is 26.1 Å². The Hall–Kier alpha value is -2.70. The van der Waals surface area contributed by atoms with Gasteiger partial charge >= 0.3 is 5.97 Å². The van der Waals surface area contributed by atoms with Crippen molar-refractivity contribution in [2.75, 3.05) is 0 Å². The highest BCUT2D eigenvalue weighted by Gasteiger charge is 2.32. The number of cyclic esters (lactones) is 1. The highest BCUT2D eigenvalue weighted by Crippen LogP contribution is 2.29. The van der Waals surface area contributed by atoms with Crippen LogP contribution in [0.2, 0.25) is 0 Å². The zero-order valence-corrected chi connectivity index (χ0v) is 26.6. The molecule has 1 aromatic carbocycles. The lowest BCUT2D eigenvalue weighted by Crippen LogP contribution is -2.46. The molecule has 41 heavy (non-hydrogen) atoms. The van der Waals surface area contributed by atoms with Crippen LogP contribution in [0.5, 0.6) is 0 Å². The molecule has 0 saturated heterocycles. The van der Waals surface area contributed by atoms with Crippen molar-refractivity contribution in [1.29, 1.82) is 0 Å². The quantitative estimate of drug-likeness (QED) is 0.282. The summed E-state index contributed by atoms with van der Waals surface area (Å²) in [5, 5.41) is 25.1. The Labute approximate surface area is 248 Å². The van der Waals surface area contributed by atoms with Gasteiger partial charge in [-0.3, -0.25) is 4.79 Å². The summed E-state index contributed by atoms with van der Waals surface area (Å²) < 4.78 is 6.28. The number of carbonyl (C=O) groups excluding carboxylic acids is 2. The molecule has 0 aromatic heterocycles. The first kappa shape index (κ1) is 34.5. The molecule has 0 aliphatic carbocycles. The highest BCUT2D eigenvalue weighted by molar-refractivity contribution is 5.95. The monoisotopic (exact) mass is 567 g/mol. The fraction of sp³-hybridized carbons (Fsp3) is 0.600. The normalized spacial score (nSPS) is 33.1. The number of amides is 1. The van der Waals surface area contributed by atoms with E-state index in [1.54, 1.807) is 13.0 Å². The number of aliphatic hydroxyl groups excluding tert-OH is 2. The van der Waals surface area contributed by atoms with Crippen LogP contribution in [0, 0.1) is 29.6 Å². The summed E-state index contributed by atoms with van der Waals surface area (Å²) in [6.45, 7) is 17.7. The van der Waals surface area contributed by atoms with E-state index >= 15 is 0 Å². The first-order valence-corrected chi connectivity index (χ1v) is 15.2. The Balaban J connectivity index is 2.59. The molecular formula is C35H53NO5. The van der Waals surface area contributed by atoms with Gasteiger partial charge in [0.1, 0.15) is 12.1 Å². The number of ether oxygens (including phenoxy) is 1. The van der Waals surface area contributed by atoms with Crippen LogP contribution in [0.1, 0.15) is 80.7 Å². The lowest BCUT2D eigenvalue weighted by atomic mass is 9.84. The maximum absolute atomic E-state index is 13.8. The molecule has 0 saturated carbocycles. The van der Waals surface area contributed by atoms with Crippen LogP contribution in [0.4, 0.5) is 0 Å². The topological polar surface area (TPSA) is 95.9 Å². The third-order valence-electron chi connectivity index (χ3n) is 8.53. The number of rotatable bonds is 6. The predicted octanol–water partition coefficient (Wildman–Crippen LogP) is 6.18. The summed E-state index contributed by atoms with van der Waals surface area (Å²) >= 11 is 0. The van der Waals surface area contributed by atoms with Crippen molar-refractivity contribution >= 4 is 11.9 Å². The lowest BCUT2D eigenvalue weighted by Gasteiger charge is -2.32. The van der Waals surface area contributed by atoms with E-state index in [-0.39, 0.29) is 29.6 Å². The Bertz CT molecular complexity index is 1090. The number of hydrogen-bond acceptors (Lipinski definition) is 5. The van der Waals surface area contributed by atoms with E-state index in [0.717, 1.165) is 29.6 Å². The van der Waals surface area contributed by atoms with Crippen molar-refractivity contribution in [1.82, 2.24) is 5.32 Å². The van der Waals surface area contributed by atoms with E-state index in [9.17, 15) is 19.8 Å². The van der Waals surface area contributed by atoms with Crippen LogP contribution in [0.25, 0.3) is 0 Å². The molecule has 1 aliphatic rings. The molecule has 1 aliphatic heterocycles. The molecule has 1 aromatic rings. The molecule has 6 heteroatoms. The van der Waals surface area contributed by atoms with Gasteiger partial charge in [-0.15, -0.1) is 0 Å². The van der Waals surface area contributed by atoms with Crippen LogP contribution >= 0.6 is 0 Å². The molecule has 6 nitrogen and oxygen atoms in total. The predicted molar refractivity (Wildman–Crippen MR) is 166 cm³/mol. The zero-order chi connectivity index (χ0) is 30.9. The molecule has 2 rings (SSSR count). The number of hydrogen-bond donors (Lipinski definition) is 3. The second kappa shape index (κ2) is 16.1. The Morgan fingerprint density at radius 1 is 0.854 bits per heavy atom. The molecule has 1 amide bonds. The maximum Gasteiger partial charge on any atom is 0.329 e. The number of carbonyl (C=O) groups is 2. The van der Waals surface area contributed by atoms with Crippen molar-refractivity contribution in [3.05, 3.63) is 70.8 Å². The van der Waals surface area contributed by atoms with Gasteiger partial charge in [-0.05, 0) is 55.7 Å². The van der Waals surface area contributed by atoms with E-state index in [0.29, 0.717) is 17.9 Å². The Kier molecular flexibility index (Phi) is 13.5. The average molecular weight is 568 g/mol. The summed E-state index contributed by atoms with van der Waals surface area (Å²) in [6.07, 6.45) is 5.84. The minimum absolute atomic E-state index is 0.0671. The smallest absolute Gasteiger partial charge is 0.329 e. The second-order valence-electron chi connectivity index (χ2n) is 12.5. The van der Waals surface area contributed by atoms with Gasteiger partial charge in [0.25, 0.3) is 0 Å². The first-order valence-electron chi connectivity index (χ1n) is 15.2. The van der Waals surface area contributed by atoms with Crippen molar-refractivity contribution in [2.24, 2.45) is 29.6 Å². The second-order valence-corrected chi connectivity index (χ2v) is 12.5. The largest absolute Gasteiger partial charge is 0.460 e. The highest BCUT2D eigenvalue weighted by atomic mass is 16.5. The van der Waals surface area contributed by atoms with Crippen LogP contribution in [0.3, 0.4) is 0 Å². The maximum atomic E-state index is 13.8. The SMILES string of the molecule is CC[C@H](C)C[C@H](C)[C@H]1OC(=O)[C@H](Cc2ccccc2)NC(=O)/C(C)=C/[C@H](C)[C@@H](O)/C(C)=C/[C@H](C)[C@H](O)C(C)=C[C@@H]1C. The third-order valence-corrected chi connectivity index (χ3v) is 8.53. The fourth-order valence-electron chi connectivity index (χ4n) is 5.81. The van der Waals surface area contributed by atoms with Crippen molar-refractivity contribution in [3.8, 4) is 0 Å². The van der Waals surface area contributed by atoms with E-state index in [1.807, 2.05) is 77.1 Å². The molecule has 9 atom stereocenters. The van der Waals surface area contributed by atoms with E-state index < -0.39 is 30.3 Å². The summed E-state index contributed by atoms with van der Waals surface area (Å²) in [7, 11) is 0. The molecule has 0 fully saturated rings. The van der Waals surface area contributed by atoms with Crippen LogP contribution < -0.4 is 5.32 Å². The Morgan fingerprint density at radius 3 is 1.95 bits per heavy atom. The van der Waals surface area contributed by atoms with Gasteiger partial charge in [0.15, 0.2) is 0 Å². The average Bonchev–Trinajstić information content (AvgIpc) is 2.93. The number of nitrogens with one attached hydrogen (secondary N) is 1. The minimum atomic E-state index is -0.882. The van der Waals surface area contributed by atoms with Crippen molar-refractivity contribution < 1.29 is 24.5 Å². The van der Waals surface area contributed by atoms with Gasteiger partial charge < -0.3 is 20.3 Å². The van der Waals surface area contributed by atoms with Gasteiger partial charge in [0, 0.05) is 29.7 Å². The zero-order valence-electron chi connectivity index (χ0n) is 26.6. The number of benzene rings is 1. The molecular weight excluding hydrogens is 514 g/mol. The number of esters is 1. The molecule has 1 heterocycles. The molecule has 0 radical (unpaired) electrons.